The quantitative estimate of drug-likeness (QED) is 0.794. The van der Waals surface area contributed by atoms with E-state index in [1.807, 2.05) is 66.5 Å². The molecule has 5 nitrogen and oxygen atoms in total. The van der Waals surface area contributed by atoms with Gasteiger partial charge in [0.25, 0.3) is 5.91 Å². The van der Waals surface area contributed by atoms with Gasteiger partial charge < -0.3 is 15.1 Å². The number of nitrogens with one attached hydrogen (secondary N) is 1. The minimum absolute atomic E-state index is 0.0235. The Labute approximate surface area is 179 Å². The molecule has 2 fully saturated rings. The zero-order valence-corrected chi connectivity index (χ0v) is 17.9. The highest BCUT2D eigenvalue weighted by Gasteiger charge is 2.47. The molecule has 3 atom stereocenters. The number of anilines is 2. The fourth-order valence-corrected chi connectivity index (χ4v) is 4.95. The third-order valence-electron chi connectivity index (χ3n) is 6.67. The molecule has 2 amide bonds. The molecule has 1 aliphatic heterocycles. The average Bonchev–Trinajstić information content (AvgIpc) is 3.18. The predicted molar refractivity (Wildman–Crippen MR) is 121 cm³/mol. The molecular formula is C25H31N3O2. The molecule has 1 heterocycles. The van der Waals surface area contributed by atoms with E-state index >= 15 is 0 Å². The van der Waals surface area contributed by atoms with Crippen LogP contribution in [0, 0.1) is 5.92 Å². The van der Waals surface area contributed by atoms with Crippen molar-refractivity contribution in [2.75, 3.05) is 23.8 Å². The van der Waals surface area contributed by atoms with Crippen LogP contribution in [0.25, 0.3) is 0 Å². The van der Waals surface area contributed by atoms with Gasteiger partial charge in [0.1, 0.15) is 6.04 Å². The van der Waals surface area contributed by atoms with Crippen molar-refractivity contribution < 1.29 is 9.59 Å². The number of benzene rings is 2. The Bertz CT molecular complexity index is 898. The smallest absolute Gasteiger partial charge is 0.254 e. The molecule has 1 N–H and O–H groups in total. The third kappa shape index (κ3) is 4.07. The van der Waals surface area contributed by atoms with Crippen LogP contribution in [0.4, 0.5) is 11.4 Å². The Morgan fingerprint density at radius 2 is 1.83 bits per heavy atom. The van der Waals surface area contributed by atoms with E-state index < -0.39 is 6.04 Å². The van der Waals surface area contributed by atoms with Crippen LogP contribution in [0.3, 0.4) is 0 Å². The van der Waals surface area contributed by atoms with Gasteiger partial charge in [-0.15, -0.1) is 0 Å². The second-order valence-corrected chi connectivity index (χ2v) is 8.50. The van der Waals surface area contributed by atoms with Crippen molar-refractivity contribution in [2.24, 2.45) is 5.92 Å². The van der Waals surface area contributed by atoms with E-state index in [2.05, 4.69) is 17.1 Å². The zero-order valence-electron chi connectivity index (χ0n) is 17.9. The predicted octanol–water partition coefficient (Wildman–Crippen LogP) is 4.55. The minimum Gasteiger partial charge on any atom is -0.375 e. The molecule has 158 valence electrons. The van der Waals surface area contributed by atoms with E-state index in [0.29, 0.717) is 11.5 Å². The summed E-state index contributed by atoms with van der Waals surface area (Å²) < 4.78 is 0. The van der Waals surface area contributed by atoms with Crippen molar-refractivity contribution in [3.8, 4) is 0 Å². The van der Waals surface area contributed by atoms with E-state index in [1.165, 1.54) is 6.42 Å². The van der Waals surface area contributed by atoms with Crippen LogP contribution in [-0.2, 0) is 4.79 Å². The lowest BCUT2D eigenvalue weighted by Gasteiger charge is -2.33. The van der Waals surface area contributed by atoms with Crippen molar-refractivity contribution in [2.45, 2.75) is 51.1 Å². The first kappa shape index (κ1) is 20.5. The molecule has 1 aliphatic carbocycles. The van der Waals surface area contributed by atoms with Crippen LogP contribution in [-0.4, -0.2) is 42.4 Å². The third-order valence-corrected chi connectivity index (χ3v) is 6.67. The first-order valence-electron chi connectivity index (χ1n) is 11.1. The summed E-state index contributed by atoms with van der Waals surface area (Å²) in [4.78, 5) is 30.7. The van der Waals surface area contributed by atoms with Gasteiger partial charge in [0.2, 0.25) is 5.91 Å². The normalized spacial score (nSPS) is 23.0. The monoisotopic (exact) mass is 405 g/mol. The van der Waals surface area contributed by atoms with Crippen LogP contribution in [0.5, 0.6) is 0 Å². The molecule has 3 unspecified atom stereocenters. The fourth-order valence-electron chi connectivity index (χ4n) is 4.95. The van der Waals surface area contributed by atoms with Gasteiger partial charge in [-0.1, -0.05) is 37.1 Å². The van der Waals surface area contributed by atoms with Crippen molar-refractivity contribution in [3.63, 3.8) is 0 Å². The highest BCUT2D eigenvalue weighted by Crippen LogP contribution is 2.41. The minimum atomic E-state index is -0.418. The lowest BCUT2D eigenvalue weighted by molar-refractivity contribution is -0.120. The van der Waals surface area contributed by atoms with Crippen LogP contribution < -0.4 is 10.2 Å². The van der Waals surface area contributed by atoms with Crippen LogP contribution in [0.15, 0.2) is 54.6 Å². The Morgan fingerprint density at radius 1 is 1.07 bits per heavy atom. The van der Waals surface area contributed by atoms with E-state index in [0.717, 1.165) is 43.6 Å². The second-order valence-electron chi connectivity index (χ2n) is 8.50. The molecule has 1 saturated heterocycles. The van der Waals surface area contributed by atoms with Crippen molar-refractivity contribution in [1.29, 1.82) is 0 Å². The van der Waals surface area contributed by atoms with Crippen LogP contribution >= 0.6 is 0 Å². The lowest BCUT2D eigenvalue weighted by Crippen LogP contribution is -2.47. The van der Waals surface area contributed by atoms with Crippen molar-refractivity contribution in [3.05, 3.63) is 60.2 Å². The number of carbonyl (C=O) groups is 2. The molecule has 30 heavy (non-hydrogen) atoms. The van der Waals surface area contributed by atoms with E-state index in [9.17, 15) is 9.59 Å². The van der Waals surface area contributed by atoms with Crippen LogP contribution in [0.2, 0.25) is 0 Å². The summed E-state index contributed by atoms with van der Waals surface area (Å²) in [6, 6.07) is 17.0. The molecule has 0 aromatic heterocycles. The summed E-state index contributed by atoms with van der Waals surface area (Å²) in [6.45, 7) is 2.99. The molecule has 1 saturated carbocycles. The molecule has 0 spiro atoms. The summed E-state index contributed by atoms with van der Waals surface area (Å²) >= 11 is 0. The standard InChI is InChI=1S/C25H31N3O2/c1-3-27(2)21-14-9-13-20(17-21)26-24(29)23-16-19-12-7-8-15-22(19)28(23)25(30)18-10-5-4-6-11-18/h4-6,9-11,13-14,17,19,22-23H,3,7-8,12,15-16H2,1-2H3,(H,26,29). The molecule has 2 aromatic rings. The number of hydrogen-bond donors (Lipinski definition) is 1. The van der Waals surface area contributed by atoms with Crippen LogP contribution in [0.1, 0.15) is 49.4 Å². The lowest BCUT2D eigenvalue weighted by atomic mass is 9.84. The Hall–Kier alpha value is -2.82. The molecule has 2 aliphatic rings. The molecule has 4 rings (SSSR count). The summed E-state index contributed by atoms with van der Waals surface area (Å²) in [7, 11) is 2.03. The number of amides is 2. The van der Waals surface area contributed by atoms with E-state index in [4.69, 9.17) is 0 Å². The van der Waals surface area contributed by atoms with Gasteiger partial charge in [-0.3, -0.25) is 9.59 Å². The van der Waals surface area contributed by atoms with Crippen molar-refractivity contribution in [1.82, 2.24) is 4.90 Å². The number of carbonyl (C=O) groups excluding carboxylic acids is 2. The maximum absolute atomic E-state index is 13.4. The number of nitrogens with zero attached hydrogens (tertiary/aromatic N) is 2. The highest BCUT2D eigenvalue weighted by molar-refractivity contribution is 6.02. The van der Waals surface area contributed by atoms with Crippen molar-refractivity contribution >= 4 is 23.2 Å². The zero-order chi connectivity index (χ0) is 21.1. The SMILES string of the molecule is CCN(C)c1cccc(NC(=O)C2CC3CCCCC3N2C(=O)c2ccccc2)c1. The summed E-state index contributed by atoms with van der Waals surface area (Å²) in [5.74, 6) is 0.314. The largest absolute Gasteiger partial charge is 0.375 e. The summed E-state index contributed by atoms with van der Waals surface area (Å²) in [5.41, 5.74) is 2.50. The number of fused-ring (bicyclic) bond motifs is 1. The number of hydrogen-bond acceptors (Lipinski definition) is 3. The van der Waals surface area contributed by atoms with Gasteiger partial charge in [0.15, 0.2) is 0 Å². The number of likely N-dealkylation sites (tertiary alicyclic amines) is 1. The van der Waals surface area contributed by atoms with Gasteiger partial charge in [-0.05, 0) is 62.4 Å². The molecule has 0 radical (unpaired) electrons. The highest BCUT2D eigenvalue weighted by atomic mass is 16.2. The molecule has 2 aromatic carbocycles. The maximum Gasteiger partial charge on any atom is 0.254 e. The summed E-state index contributed by atoms with van der Waals surface area (Å²) in [5, 5.41) is 3.09. The Balaban J connectivity index is 1.57. The van der Waals surface area contributed by atoms with E-state index in [1.54, 1.807) is 0 Å². The molecule has 0 bridgehead atoms. The van der Waals surface area contributed by atoms with Gasteiger partial charge >= 0.3 is 0 Å². The molecular weight excluding hydrogens is 374 g/mol. The first-order valence-corrected chi connectivity index (χ1v) is 11.1. The second kappa shape index (κ2) is 8.90. The maximum atomic E-state index is 13.4. The average molecular weight is 406 g/mol. The Kier molecular flexibility index (Phi) is 6.07. The van der Waals surface area contributed by atoms with Gasteiger partial charge in [-0.25, -0.2) is 0 Å². The summed E-state index contributed by atoms with van der Waals surface area (Å²) in [6.07, 6.45) is 5.16. The topological polar surface area (TPSA) is 52.7 Å². The van der Waals surface area contributed by atoms with Gasteiger partial charge in [0.05, 0.1) is 0 Å². The molecule has 5 heteroatoms. The Morgan fingerprint density at radius 3 is 2.60 bits per heavy atom. The van der Waals surface area contributed by atoms with E-state index in [-0.39, 0.29) is 17.9 Å². The first-order chi connectivity index (χ1) is 14.6. The fraction of sp³-hybridized carbons (Fsp3) is 0.440. The van der Waals surface area contributed by atoms with Gasteiger partial charge in [0, 0.05) is 36.6 Å². The van der Waals surface area contributed by atoms with Gasteiger partial charge in [-0.2, -0.15) is 0 Å². The number of rotatable bonds is 5.